The minimum atomic E-state index is -4.63. The van der Waals surface area contributed by atoms with E-state index in [0.29, 0.717) is 24.9 Å². The van der Waals surface area contributed by atoms with E-state index in [9.17, 15) is 32.3 Å². The number of nitrogens with zero attached hydrogens (tertiary/aromatic N) is 4. The van der Waals surface area contributed by atoms with Crippen molar-refractivity contribution in [2.75, 3.05) is 30.3 Å². The Morgan fingerprint density at radius 3 is 2.74 bits per heavy atom. The van der Waals surface area contributed by atoms with Gasteiger partial charge in [-0.3, -0.25) is 4.79 Å². The van der Waals surface area contributed by atoms with E-state index in [4.69, 9.17) is 4.74 Å². The number of nitrogens with one attached hydrogen (secondary N) is 2. The molecule has 0 saturated carbocycles. The highest BCUT2D eigenvalue weighted by atomic mass is 32.1. The van der Waals surface area contributed by atoms with E-state index in [2.05, 4.69) is 25.0 Å². The maximum absolute atomic E-state index is 14.4. The number of carbonyl (C=O) groups excluding carboxylic acids is 1. The first-order valence-corrected chi connectivity index (χ1v) is 12.1. The SMILES string of the molecule is Cc1nsc(Nc2cnc(C(F)(F)F)cn2)c1C(=O)Nc1ccc(F)c(OC[C@H]2CCCN(C(=O)O)C2)c1. The fourth-order valence-electron chi connectivity index (χ4n) is 3.85. The lowest BCUT2D eigenvalue weighted by Crippen LogP contribution is -2.40. The summed E-state index contributed by atoms with van der Waals surface area (Å²) in [6.45, 7) is 2.42. The Morgan fingerprint density at radius 1 is 1.26 bits per heavy atom. The van der Waals surface area contributed by atoms with E-state index in [0.717, 1.165) is 30.2 Å². The van der Waals surface area contributed by atoms with Crippen LogP contribution in [-0.4, -0.2) is 56.0 Å². The van der Waals surface area contributed by atoms with Crippen LogP contribution in [0.5, 0.6) is 5.75 Å². The summed E-state index contributed by atoms with van der Waals surface area (Å²) in [5.74, 6) is -1.46. The summed E-state index contributed by atoms with van der Waals surface area (Å²) in [7, 11) is 0. The van der Waals surface area contributed by atoms with Gasteiger partial charge >= 0.3 is 12.3 Å². The number of aryl methyl sites for hydroxylation is 1. The summed E-state index contributed by atoms with van der Waals surface area (Å²) in [6.07, 6.45) is -2.76. The first-order chi connectivity index (χ1) is 18.0. The van der Waals surface area contributed by atoms with Crippen molar-refractivity contribution < 1.29 is 37.0 Å². The second kappa shape index (κ2) is 11.2. The van der Waals surface area contributed by atoms with Gasteiger partial charge in [0.2, 0.25) is 0 Å². The third kappa shape index (κ3) is 6.45. The van der Waals surface area contributed by atoms with Gasteiger partial charge in [-0.05, 0) is 43.4 Å². The Balaban J connectivity index is 1.43. The van der Waals surface area contributed by atoms with Gasteiger partial charge in [-0.25, -0.2) is 19.2 Å². The predicted molar refractivity (Wildman–Crippen MR) is 129 cm³/mol. The number of hydrogen-bond acceptors (Lipinski definition) is 8. The van der Waals surface area contributed by atoms with Crippen molar-refractivity contribution in [1.82, 2.24) is 19.2 Å². The quantitative estimate of drug-likeness (QED) is 0.342. The zero-order chi connectivity index (χ0) is 27.4. The van der Waals surface area contributed by atoms with Gasteiger partial charge in [0.15, 0.2) is 17.3 Å². The molecule has 2 amide bonds. The Morgan fingerprint density at radius 2 is 2.05 bits per heavy atom. The number of amides is 2. The molecule has 0 spiro atoms. The molecule has 0 bridgehead atoms. The lowest BCUT2D eigenvalue weighted by atomic mass is 9.99. The molecule has 202 valence electrons. The number of carboxylic acid groups (broad SMARTS) is 1. The minimum absolute atomic E-state index is 0.0163. The standard InChI is InChI=1S/C23H22F4N6O4S/c1-12-19(21(38-32-12)31-18-9-28-17(8-29-18)23(25,26)27)20(34)30-14-4-5-15(24)16(7-14)37-11-13-3-2-6-33(10-13)22(35)36/h4-5,7-9,13H,2-3,6,10-11H2,1H3,(H,29,31)(H,30,34)(H,35,36)/t13-/m0/s1. The van der Waals surface area contributed by atoms with Crippen LogP contribution < -0.4 is 15.4 Å². The first kappa shape index (κ1) is 27.0. The van der Waals surface area contributed by atoms with Crippen molar-refractivity contribution in [2.45, 2.75) is 25.9 Å². The molecule has 1 saturated heterocycles. The van der Waals surface area contributed by atoms with Gasteiger partial charge in [-0.1, -0.05) is 0 Å². The summed E-state index contributed by atoms with van der Waals surface area (Å²) in [5.41, 5.74) is -0.445. The van der Waals surface area contributed by atoms with Gasteiger partial charge in [0.05, 0.1) is 30.3 Å². The highest BCUT2D eigenvalue weighted by molar-refractivity contribution is 7.10. The number of likely N-dealkylation sites (tertiary alicyclic amines) is 1. The number of halogens is 4. The molecular weight excluding hydrogens is 532 g/mol. The maximum Gasteiger partial charge on any atom is 0.434 e. The molecule has 15 heteroatoms. The summed E-state index contributed by atoms with van der Waals surface area (Å²) in [5, 5.41) is 14.8. The monoisotopic (exact) mass is 554 g/mol. The lowest BCUT2D eigenvalue weighted by molar-refractivity contribution is -0.141. The first-order valence-electron chi connectivity index (χ1n) is 11.4. The molecule has 3 N–H and O–H groups in total. The predicted octanol–water partition coefficient (Wildman–Crippen LogP) is 5.16. The molecule has 10 nitrogen and oxygen atoms in total. The molecule has 2 aromatic heterocycles. The van der Waals surface area contributed by atoms with Crippen molar-refractivity contribution in [2.24, 2.45) is 5.92 Å². The highest BCUT2D eigenvalue weighted by Gasteiger charge is 2.33. The van der Waals surface area contributed by atoms with Crippen LogP contribution >= 0.6 is 11.5 Å². The Bertz CT molecular complexity index is 1320. The third-order valence-electron chi connectivity index (χ3n) is 5.73. The fraction of sp³-hybridized carbons (Fsp3) is 0.348. The zero-order valence-corrected chi connectivity index (χ0v) is 20.7. The van der Waals surface area contributed by atoms with Crippen LogP contribution in [0.2, 0.25) is 0 Å². The molecule has 0 unspecified atom stereocenters. The van der Waals surface area contributed by atoms with Gasteiger partial charge in [0.25, 0.3) is 5.91 Å². The molecule has 4 rings (SSSR count). The lowest BCUT2D eigenvalue weighted by Gasteiger charge is -2.30. The number of benzene rings is 1. The molecule has 3 heterocycles. The van der Waals surface area contributed by atoms with E-state index in [-0.39, 0.29) is 46.9 Å². The average Bonchev–Trinajstić information content (AvgIpc) is 3.24. The zero-order valence-electron chi connectivity index (χ0n) is 19.9. The number of ether oxygens (including phenoxy) is 1. The van der Waals surface area contributed by atoms with E-state index < -0.39 is 29.7 Å². The molecular formula is C23H22F4N6O4S. The smallest absolute Gasteiger partial charge is 0.434 e. The van der Waals surface area contributed by atoms with Crippen LogP contribution in [0.4, 0.5) is 38.9 Å². The van der Waals surface area contributed by atoms with E-state index in [1.807, 2.05) is 0 Å². The molecule has 1 aromatic carbocycles. The molecule has 1 aliphatic rings. The molecule has 0 aliphatic carbocycles. The molecule has 1 fully saturated rings. The topological polar surface area (TPSA) is 130 Å². The van der Waals surface area contributed by atoms with E-state index in [1.54, 1.807) is 6.92 Å². The fourth-order valence-corrected chi connectivity index (χ4v) is 4.65. The van der Waals surface area contributed by atoms with Gasteiger partial charge in [0, 0.05) is 30.8 Å². The van der Waals surface area contributed by atoms with Crippen LogP contribution in [0, 0.1) is 18.7 Å². The number of alkyl halides is 3. The maximum atomic E-state index is 14.4. The normalized spacial score (nSPS) is 15.7. The van der Waals surface area contributed by atoms with Gasteiger partial charge in [-0.15, -0.1) is 0 Å². The van der Waals surface area contributed by atoms with E-state index >= 15 is 0 Å². The van der Waals surface area contributed by atoms with Crippen LogP contribution in [0.1, 0.15) is 34.6 Å². The Hall–Kier alpha value is -4.01. The van der Waals surface area contributed by atoms with E-state index in [1.165, 1.54) is 17.0 Å². The van der Waals surface area contributed by atoms with Crippen molar-refractivity contribution >= 4 is 40.0 Å². The average molecular weight is 555 g/mol. The second-order valence-electron chi connectivity index (χ2n) is 8.53. The van der Waals surface area contributed by atoms with Crippen molar-refractivity contribution in [3.8, 4) is 5.75 Å². The van der Waals surface area contributed by atoms with Crippen LogP contribution in [0.15, 0.2) is 30.6 Å². The van der Waals surface area contributed by atoms with Crippen LogP contribution in [0.25, 0.3) is 0 Å². The van der Waals surface area contributed by atoms with Crippen molar-refractivity contribution in [1.29, 1.82) is 0 Å². The largest absolute Gasteiger partial charge is 0.490 e. The van der Waals surface area contributed by atoms with Crippen molar-refractivity contribution in [3.63, 3.8) is 0 Å². The van der Waals surface area contributed by atoms with Gasteiger partial charge in [-0.2, -0.15) is 17.5 Å². The summed E-state index contributed by atoms with van der Waals surface area (Å²) < 4.78 is 62.3. The summed E-state index contributed by atoms with van der Waals surface area (Å²) in [4.78, 5) is 32.5. The van der Waals surface area contributed by atoms with Crippen molar-refractivity contribution in [3.05, 3.63) is 53.4 Å². The number of aromatic nitrogens is 3. The number of carbonyl (C=O) groups is 2. The molecule has 1 atom stereocenters. The number of rotatable bonds is 7. The summed E-state index contributed by atoms with van der Waals surface area (Å²) in [6, 6.07) is 3.79. The number of anilines is 3. The number of hydrogen-bond donors (Lipinski definition) is 3. The second-order valence-corrected chi connectivity index (χ2v) is 9.30. The Labute approximate surface area is 217 Å². The number of piperidine rings is 1. The molecule has 3 aromatic rings. The molecule has 1 aliphatic heterocycles. The van der Waals surface area contributed by atoms with Crippen LogP contribution in [-0.2, 0) is 6.18 Å². The van der Waals surface area contributed by atoms with Gasteiger partial charge in [0.1, 0.15) is 10.8 Å². The minimum Gasteiger partial charge on any atom is -0.490 e. The van der Waals surface area contributed by atoms with Gasteiger partial charge < -0.3 is 25.4 Å². The Kier molecular flexibility index (Phi) is 7.94. The summed E-state index contributed by atoms with van der Waals surface area (Å²) >= 11 is 0.909. The third-order valence-corrected chi connectivity index (χ3v) is 6.58. The van der Waals surface area contributed by atoms with Crippen LogP contribution in [0.3, 0.4) is 0 Å². The molecule has 38 heavy (non-hydrogen) atoms. The molecule has 0 radical (unpaired) electrons. The highest BCUT2D eigenvalue weighted by Crippen LogP contribution is 2.31.